The molecule has 2 bridgehead atoms. The summed E-state index contributed by atoms with van der Waals surface area (Å²) in [7, 11) is 0. The smallest absolute Gasteiger partial charge is 0.158 e. The molecule has 2 aliphatic rings. The highest BCUT2D eigenvalue weighted by molar-refractivity contribution is 5.99. The molecule has 2 aromatic heterocycles. The Kier molecular flexibility index (Phi) is 6.05. The third-order valence-electron chi connectivity index (χ3n) is 6.50. The molecule has 8 nitrogen and oxygen atoms in total. The van der Waals surface area contributed by atoms with E-state index in [1.165, 1.54) is 12.8 Å². The quantitative estimate of drug-likeness (QED) is 0.485. The molecule has 5 N–H and O–H groups in total. The van der Waals surface area contributed by atoms with E-state index in [1.807, 2.05) is 25.1 Å². The summed E-state index contributed by atoms with van der Waals surface area (Å²) in [5.41, 5.74) is 14.2. The summed E-state index contributed by atoms with van der Waals surface area (Å²) < 4.78 is 0. The Bertz CT molecular complexity index is 1050. The molecule has 3 atom stereocenters. The molecule has 4 rings (SSSR count). The number of nitriles is 1. The second-order valence-electron chi connectivity index (χ2n) is 8.55. The molecule has 8 heteroatoms. The molecule has 162 valence electrons. The zero-order valence-electron chi connectivity index (χ0n) is 18.2. The van der Waals surface area contributed by atoms with Gasteiger partial charge in [-0.25, -0.2) is 9.98 Å². The van der Waals surface area contributed by atoms with E-state index < -0.39 is 0 Å². The van der Waals surface area contributed by atoms with Crippen LogP contribution in [0, 0.1) is 11.3 Å². The Morgan fingerprint density at radius 1 is 1.29 bits per heavy atom. The van der Waals surface area contributed by atoms with Gasteiger partial charge in [0.2, 0.25) is 0 Å². The number of aromatic nitrogens is 2. The van der Waals surface area contributed by atoms with Gasteiger partial charge in [-0.05, 0) is 51.7 Å². The summed E-state index contributed by atoms with van der Waals surface area (Å²) in [6.07, 6.45) is 6.88. The topological polar surface area (TPSA) is 129 Å². The summed E-state index contributed by atoms with van der Waals surface area (Å²) in [4.78, 5) is 16.3. The van der Waals surface area contributed by atoms with E-state index in [4.69, 9.17) is 21.7 Å². The van der Waals surface area contributed by atoms with Crippen LogP contribution in [0.4, 0.5) is 11.6 Å². The average molecular weight is 419 g/mol. The average Bonchev–Trinajstić information content (AvgIpc) is 2.99. The molecule has 0 radical (unpaired) electrons. The normalized spacial score (nSPS) is 24.7. The van der Waals surface area contributed by atoms with Crippen molar-refractivity contribution in [1.82, 2.24) is 14.9 Å². The largest absolute Gasteiger partial charge is 0.402 e. The number of hydrogen-bond donors (Lipinski definition) is 3. The molecule has 31 heavy (non-hydrogen) atoms. The number of anilines is 1. The number of piperidine rings is 1. The van der Waals surface area contributed by atoms with Gasteiger partial charge >= 0.3 is 0 Å². The number of hydrogen-bond acceptors (Lipinski definition) is 7. The summed E-state index contributed by atoms with van der Waals surface area (Å²) in [6.45, 7) is 4.53. The van der Waals surface area contributed by atoms with Crippen LogP contribution in [0.2, 0.25) is 0 Å². The van der Waals surface area contributed by atoms with Gasteiger partial charge in [0.25, 0.3) is 0 Å². The first-order valence-electron chi connectivity index (χ1n) is 10.9. The van der Waals surface area contributed by atoms with Gasteiger partial charge in [-0.15, -0.1) is 0 Å². The molecule has 2 fully saturated rings. The number of amidine groups is 1. The van der Waals surface area contributed by atoms with E-state index in [9.17, 15) is 0 Å². The zero-order valence-corrected chi connectivity index (χ0v) is 18.2. The summed E-state index contributed by atoms with van der Waals surface area (Å²) in [5.74, 6) is 1.66. The molecule has 2 aliphatic heterocycles. The van der Waals surface area contributed by atoms with Gasteiger partial charge in [0, 0.05) is 60.0 Å². The zero-order chi connectivity index (χ0) is 22.0. The molecular weight excluding hydrogens is 388 g/mol. The molecule has 2 saturated heterocycles. The van der Waals surface area contributed by atoms with Gasteiger partial charge in [-0.3, -0.25) is 9.88 Å². The SMILES string of the molecule is C/C(N)=C(\C)C(N)=Nc1cc2ncccc2c(NC2C[C@H]3CC[C@@H](C2)N3CCC#N)n1. The van der Waals surface area contributed by atoms with Crippen molar-refractivity contribution in [3.05, 3.63) is 35.7 Å². The number of rotatable bonds is 6. The minimum Gasteiger partial charge on any atom is -0.402 e. The molecule has 0 amide bonds. The maximum atomic E-state index is 8.96. The first kappa shape index (κ1) is 21.1. The van der Waals surface area contributed by atoms with Crippen LogP contribution in [0.3, 0.4) is 0 Å². The number of nitrogens with zero attached hydrogens (tertiary/aromatic N) is 5. The van der Waals surface area contributed by atoms with Crippen molar-refractivity contribution in [2.24, 2.45) is 16.5 Å². The Morgan fingerprint density at radius 3 is 2.71 bits per heavy atom. The van der Waals surface area contributed by atoms with Crippen molar-refractivity contribution in [3.63, 3.8) is 0 Å². The molecule has 1 unspecified atom stereocenters. The first-order valence-corrected chi connectivity index (χ1v) is 10.9. The molecule has 0 saturated carbocycles. The van der Waals surface area contributed by atoms with E-state index in [1.54, 1.807) is 13.1 Å². The van der Waals surface area contributed by atoms with Gasteiger partial charge in [0.1, 0.15) is 11.7 Å². The monoisotopic (exact) mass is 418 g/mol. The lowest BCUT2D eigenvalue weighted by atomic mass is 9.97. The number of nitrogens with one attached hydrogen (secondary N) is 1. The predicted molar refractivity (Wildman–Crippen MR) is 124 cm³/mol. The van der Waals surface area contributed by atoms with Gasteiger partial charge in [0.05, 0.1) is 11.6 Å². The van der Waals surface area contributed by atoms with Crippen molar-refractivity contribution < 1.29 is 0 Å². The lowest BCUT2D eigenvalue weighted by Gasteiger charge is -2.39. The molecule has 0 aliphatic carbocycles. The van der Waals surface area contributed by atoms with Crippen LogP contribution in [0.25, 0.3) is 10.9 Å². The van der Waals surface area contributed by atoms with Crippen LogP contribution < -0.4 is 16.8 Å². The lowest BCUT2D eigenvalue weighted by molar-refractivity contribution is 0.136. The van der Waals surface area contributed by atoms with E-state index in [2.05, 4.69) is 26.3 Å². The number of allylic oxidation sites excluding steroid dienone is 1. The number of aliphatic imine (C=N–C) groups is 1. The standard InChI is InChI=1S/C23H30N8/c1-14(15(2)25)22(26)29-21-13-20-19(5-3-9-27-20)23(30-21)28-16-11-17-6-7-18(12-16)31(17)10-4-8-24/h3,5,9,13,16-18H,4,6-7,10-12,25H2,1-2H3,(H3,26,28,29,30)/b15-14-/t16?,17-,18+. The highest BCUT2D eigenvalue weighted by Crippen LogP contribution is 2.37. The molecule has 0 aromatic carbocycles. The summed E-state index contributed by atoms with van der Waals surface area (Å²) >= 11 is 0. The van der Waals surface area contributed by atoms with Gasteiger partial charge in [-0.1, -0.05) is 0 Å². The molecule has 0 spiro atoms. The second-order valence-corrected chi connectivity index (χ2v) is 8.55. The summed E-state index contributed by atoms with van der Waals surface area (Å²) in [6, 6.07) is 9.48. The number of fused-ring (bicyclic) bond motifs is 3. The van der Waals surface area contributed by atoms with Gasteiger partial charge < -0.3 is 16.8 Å². The second kappa shape index (κ2) is 8.90. The Morgan fingerprint density at radius 2 is 2.03 bits per heavy atom. The predicted octanol–water partition coefficient (Wildman–Crippen LogP) is 3.19. The van der Waals surface area contributed by atoms with Gasteiger partial charge in [-0.2, -0.15) is 5.26 Å². The van der Waals surface area contributed by atoms with Crippen molar-refractivity contribution >= 4 is 28.4 Å². The summed E-state index contributed by atoms with van der Waals surface area (Å²) in [5, 5.41) is 13.6. The fourth-order valence-electron chi connectivity index (χ4n) is 4.77. The minimum absolute atomic E-state index is 0.330. The van der Waals surface area contributed by atoms with Gasteiger partial charge in [0.15, 0.2) is 5.82 Å². The fourth-order valence-corrected chi connectivity index (χ4v) is 4.77. The highest BCUT2D eigenvalue weighted by Gasteiger charge is 2.40. The van der Waals surface area contributed by atoms with Crippen LogP contribution in [-0.4, -0.2) is 45.4 Å². The third kappa shape index (κ3) is 4.47. The number of nitrogens with two attached hydrogens (primary N) is 2. The van der Waals surface area contributed by atoms with Crippen LogP contribution in [-0.2, 0) is 0 Å². The minimum atomic E-state index is 0.330. The first-order chi connectivity index (χ1) is 15.0. The third-order valence-corrected chi connectivity index (χ3v) is 6.50. The van der Waals surface area contributed by atoms with E-state index in [0.29, 0.717) is 41.9 Å². The van der Waals surface area contributed by atoms with E-state index >= 15 is 0 Å². The maximum Gasteiger partial charge on any atom is 0.158 e. The molecule has 2 aromatic rings. The van der Waals surface area contributed by atoms with Crippen molar-refractivity contribution in [1.29, 1.82) is 5.26 Å². The molecule has 4 heterocycles. The van der Waals surface area contributed by atoms with Crippen LogP contribution in [0.15, 0.2) is 40.7 Å². The fraction of sp³-hybridized carbons (Fsp3) is 0.478. The van der Waals surface area contributed by atoms with Crippen LogP contribution in [0.5, 0.6) is 0 Å². The molecular formula is C23H30N8. The van der Waals surface area contributed by atoms with Crippen LogP contribution >= 0.6 is 0 Å². The highest BCUT2D eigenvalue weighted by atomic mass is 15.2. The van der Waals surface area contributed by atoms with E-state index in [0.717, 1.165) is 41.7 Å². The Balaban J connectivity index is 1.60. The van der Waals surface area contributed by atoms with Crippen LogP contribution in [0.1, 0.15) is 46.0 Å². The van der Waals surface area contributed by atoms with E-state index in [-0.39, 0.29) is 0 Å². The van der Waals surface area contributed by atoms with Crippen molar-refractivity contribution in [2.75, 3.05) is 11.9 Å². The Hall–Kier alpha value is -3.18. The number of pyridine rings is 2. The van der Waals surface area contributed by atoms with Crippen molar-refractivity contribution in [2.45, 2.75) is 64.1 Å². The van der Waals surface area contributed by atoms with Crippen molar-refractivity contribution in [3.8, 4) is 6.07 Å². The maximum absolute atomic E-state index is 8.96. The Labute approximate surface area is 183 Å². The lowest BCUT2D eigenvalue weighted by Crippen LogP contribution is -2.47.